The van der Waals surface area contributed by atoms with E-state index in [2.05, 4.69) is 32.0 Å². The van der Waals surface area contributed by atoms with Crippen LogP contribution in [0.15, 0.2) is 36.4 Å². The summed E-state index contributed by atoms with van der Waals surface area (Å²) in [6.45, 7) is 4.74. The molecule has 2 aromatic carbocycles. The second-order valence-electron chi connectivity index (χ2n) is 4.83. The van der Waals surface area contributed by atoms with Gasteiger partial charge in [-0.05, 0) is 48.2 Å². The zero-order valence-electron chi connectivity index (χ0n) is 12.1. The molecule has 2 aromatic rings. The van der Waals surface area contributed by atoms with Gasteiger partial charge in [-0.2, -0.15) is 0 Å². The molecule has 0 aliphatic rings. The van der Waals surface area contributed by atoms with Crippen molar-refractivity contribution in [1.29, 1.82) is 0 Å². The SMILES string of the molecule is COc1cc(CCl)ccc1OCc1ccc(C)c(C)c1. The maximum atomic E-state index is 5.84. The molecule has 0 aromatic heterocycles. The lowest BCUT2D eigenvalue weighted by atomic mass is 10.1. The van der Waals surface area contributed by atoms with Gasteiger partial charge in [0.2, 0.25) is 0 Å². The van der Waals surface area contributed by atoms with E-state index in [-0.39, 0.29) is 0 Å². The third kappa shape index (κ3) is 3.45. The fourth-order valence-corrected chi connectivity index (χ4v) is 2.13. The average Bonchev–Trinajstić information content (AvgIpc) is 2.48. The first-order valence-corrected chi connectivity index (χ1v) is 7.09. The van der Waals surface area contributed by atoms with Crippen molar-refractivity contribution in [3.63, 3.8) is 0 Å². The lowest BCUT2D eigenvalue weighted by Gasteiger charge is -2.12. The number of ether oxygens (including phenoxy) is 2. The Bertz CT molecular complexity index is 594. The summed E-state index contributed by atoms with van der Waals surface area (Å²) in [6, 6.07) is 12.1. The Morgan fingerprint density at radius 1 is 0.900 bits per heavy atom. The lowest BCUT2D eigenvalue weighted by molar-refractivity contribution is 0.284. The topological polar surface area (TPSA) is 18.5 Å². The van der Waals surface area contributed by atoms with Crippen LogP contribution in [0, 0.1) is 13.8 Å². The fourth-order valence-electron chi connectivity index (χ4n) is 1.97. The Morgan fingerprint density at radius 2 is 1.65 bits per heavy atom. The monoisotopic (exact) mass is 290 g/mol. The Labute approximate surface area is 125 Å². The van der Waals surface area contributed by atoms with Crippen LogP contribution < -0.4 is 9.47 Å². The highest BCUT2D eigenvalue weighted by Crippen LogP contribution is 2.29. The summed E-state index contributed by atoms with van der Waals surface area (Å²) in [4.78, 5) is 0. The molecule has 0 aliphatic carbocycles. The van der Waals surface area contributed by atoms with Gasteiger partial charge in [0.1, 0.15) is 6.61 Å². The van der Waals surface area contributed by atoms with E-state index in [4.69, 9.17) is 21.1 Å². The molecule has 0 N–H and O–H groups in total. The van der Waals surface area contributed by atoms with Crippen LogP contribution in [0.1, 0.15) is 22.3 Å². The first kappa shape index (κ1) is 14.7. The molecule has 0 bridgehead atoms. The van der Waals surface area contributed by atoms with Crippen LogP contribution in [0.4, 0.5) is 0 Å². The Morgan fingerprint density at radius 3 is 2.30 bits per heavy atom. The van der Waals surface area contributed by atoms with E-state index in [0.717, 1.165) is 16.9 Å². The number of alkyl halides is 1. The molecule has 2 nitrogen and oxygen atoms in total. The number of halogens is 1. The summed E-state index contributed by atoms with van der Waals surface area (Å²) >= 11 is 5.82. The minimum Gasteiger partial charge on any atom is -0.493 e. The van der Waals surface area contributed by atoms with E-state index < -0.39 is 0 Å². The third-order valence-electron chi connectivity index (χ3n) is 3.35. The van der Waals surface area contributed by atoms with Gasteiger partial charge in [-0.1, -0.05) is 24.3 Å². The first-order chi connectivity index (χ1) is 9.63. The summed E-state index contributed by atoms with van der Waals surface area (Å²) < 4.78 is 11.2. The van der Waals surface area contributed by atoms with Crippen LogP contribution in [-0.4, -0.2) is 7.11 Å². The van der Waals surface area contributed by atoms with Crippen LogP contribution in [-0.2, 0) is 12.5 Å². The zero-order valence-corrected chi connectivity index (χ0v) is 12.8. The van der Waals surface area contributed by atoms with Crippen LogP contribution in [0.3, 0.4) is 0 Å². The maximum Gasteiger partial charge on any atom is 0.161 e. The number of benzene rings is 2. The van der Waals surface area contributed by atoms with Crippen molar-refractivity contribution < 1.29 is 9.47 Å². The summed E-state index contributed by atoms with van der Waals surface area (Å²) in [5.41, 5.74) is 4.73. The maximum absolute atomic E-state index is 5.84. The minimum absolute atomic E-state index is 0.466. The molecule has 20 heavy (non-hydrogen) atoms. The highest BCUT2D eigenvalue weighted by Gasteiger charge is 2.06. The molecule has 0 saturated carbocycles. The minimum atomic E-state index is 0.466. The van der Waals surface area contributed by atoms with Gasteiger partial charge in [0.25, 0.3) is 0 Å². The molecular formula is C17H19ClO2. The van der Waals surface area contributed by atoms with E-state index in [1.165, 1.54) is 11.1 Å². The van der Waals surface area contributed by atoms with Gasteiger partial charge < -0.3 is 9.47 Å². The number of rotatable bonds is 5. The first-order valence-electron chi connectivity index (χ1n) is 6.56. The van der Waals surface area contributed by atoms with Gasteiger partial charge in [-0.15, -0.1) is 11.6 Å². The summed E-state index contributed by atoms with van der Waals surface area (Å²) in [7, 11) is 1.64. The second kappa shape index (κ2) is 6.67. The van der Waals surface area contributed by atoms with Crippen molar-refractivity contribution in [2.75, 3.05) is 7.11 Å². The molecule has 0 spiro atoms. The molecule has 0 fully saturated rings. The summed E-state index contributed by atoms with van der Waals surface area (Å²) in [6.07, 6.45) is 0. The van der Waals surface area contributed by atoms with E-state index >= 15 is 0 Å². The van der Waals surface area contributed by atoms with Gasteiger partial charge in [0.15, 0.2) is 11.5 Å². The van der Waals surface area contributed by atoms with E-state index in [9.17, 15) is 0 Å². The molecule has 3 heteroatoms. The molecular weight excluding hydrogens is 272 g/mol. The highest BCUT2D eigenvalue weighted by atomic mass is 35.5. The molecule has 0 aliphatic heterocycles. The Kier molecular flexibility index (Phi) is 4.91. The van der Waals surface area contributed by atoms with E-state index in [1.807, 2.05) is 18.2 Å². The van der Waals surface area contributed by atoms with Crippen LogP contribution >= 0.6 is 11.6 Å². The van der Waals surface area contributed by atoms with Crippen molar-refractivity contribution in [2.45, 2.75) is 26.3 Å². The number of aryl methyl sites for hydroxylation is 2. The summed E-state index contributed by atoms with van der Waals surface area (Å²) in [5.74, 6) is 1.92. The number of methoxy groups -OCH3 is 1. The predicted octanol–water partition coefficient (Wildman–Crippen LogP) is 4.63. The average molecular weight is 291 g/mol. The van der Waals surface area contributed by atoms with Crippen molar-refractivity contribution >= 4 is 11.6 Å². The number of hydrogen-bond donors (Lipinski definition) is 0. The molecule has 0 atom stereocenters. The van der Waals surface area contributed by atoms with Crippen LogP contribution in [0.2, 0.25) is 0 Å². The second-order valence-corrected chi connectivity index (χ2v) is 5.09. The fraction of sp³-hybridized carbons (Fsp3) is 0.294. The van der Waals surface area contributed by atoms with Crippen molar-refractivity contribution in [3.05, 3.63) is 58.7 Å². The largest absolute Gasteiger partial charge is 0.493 e. The van der Waals surface area contributed by atoms with Gasteiger partial charge in [0.05, 0.1) is 7.11 Å². The normalized spacial score (nSPS) is 10.4. The molecule has 0 amide bonds. The van der Waals surface area contributed by atoms with Gasteiger partial charge >= 0.3 is 0 Å². The molecule has 0 unspecified atom stereocenters. The Hall–Kier alpha value is -1.67. The van der Waals surface area contributed by atoms with Crippen LogP contribution in [0.5, 0.6) is 11.5 Å². The molecule has 106 valence electrons. The summed E-state index contributed by atoms with van der Waals surface area (Å²) in [5, 5.41) is 0. The lowest BCUT2D eigenvalue weighted by Crippen LogP contribution is -1.99. The van der Waals surface area contributed by atoms with Crippen molar-refractivity contribution in [3.8, 4) is 11.5 Å². The standard InChI is InChI=1S/C17H19ClO2/c1-12-4-5-15(8-13(12)2)11-20-16-7-6-14(10-18)9-17(16)19-3/h4-9H,10-11H2,1-3H3. The molecule has 0 radical (unpaired) electrons. The van der Waals surface area contributed by atoms with Crippen molar-refractivity contribution in [1.82, 2.24) is 0 Å². The van der Waals surface area contributed by atoms with Gasteiger partial charge in [0, 0.05) is 5.88 Å². The quantitative estimate of drug-likeness (QED) is 0.748. The highest BCUT2D eigenvalue weighted by molar-refractivity contribution is 6.17. The van der Waals surface area contributed by atoms with E-state index in [1.54, 1.807) is 7.11 Å². The zero-order chi connectivity index (χ0) is 14.5. The van der Waals surface area contributed by atoms with Crippen LogP contribution in [0.25, 0.3) is 0 Å². The molecule has 0 heterocycles. The molecule has 2 rings (SSSR count). The van der Waals surface area contributed by atoms with Gasteiger partial charge in [-0.3, -0.25) is 0 Å². The Balaban J connectivity index is 2.12. The smallest absolute Gasteiger partial charge is 0.161 e. The van der Waals surface area contributed by atoms with Crippen molar-refractivity contribution in [2.24, 2.45) is 0 Å². The third-order valence-corrected chi connectivity index (χ3v) is 3.66. The predicted molar refractivity (Wildman–Crippen MR) is 82.8 cm³/mol. The van der Waals surface area contributed by atoms with Gasteiger partial charge in [-0.25, -0.2) is 0 Å². The van der Waals surface area contributed by atoms with E-state index in [0.29, 0.717) is 18.2 Å². The molecule has 0 saturated heterocycles. The number of hydrogen-bond acceptors (Lipinski definition) is 2.